The number of anilines is 1. The van der Waals surface area contributed by atoms with E-state index in [1.807, 2.05) is 32.0 Å². The van der Waals surface area contributed by atoms with Crippen LogP contribution < -0.4 is 5.32 Å². The molecule has 1 heterocycles. The summed E-state index contributed by atoms with van der Waals surface area (Å²) < 4.78 is 0. The molecular weight excluding hydrogens is 256 g/mol. The van der Waals surface area contributed by atoms with Crippen molar-refractivity contribution in [3.05, 3.63) is 41.2 Å². The Morgan fingerprint density at radius 1 is 1.25 bits per heavy atom. The van der Waals surface area contributed by atoms with Gasteiger partial charge in [-0.25, -0.2) is 5.10 Å². The van der Waals surface area contributed by atoms with Crippen LogP contribution in [-0.2, 0) is 4.79 Å². The van der Waals surface area contributed by atoms with Crippen LogP contribution >= 0.6 is 0 Å². The standard InChI is InChI=1S/C14H16N4O2/c1-9-3-4-10(2)11(7-9)12(19)5-6-13(20)17-14-15-8-16-18-14/h3-4,7-8H,5-6H2,1-2H3,(H2,15,16,17,18,20). The highest BCUT2D eigenvalue weighted by atomic mass is 16.2. The van der Waals surface area contributed by atoms with Crippen molar-refractivity contribution < 1.29 is 9.59 Å². The van der Waals surface area contributed by atoms with Crippen molar-refractivity contribution in [1.29, 1.82) is 0 Å². The number of hydrogen-bond donors (Lipinski definition) is 2. The molecule has 0 radical (unpaired) electrons. The highest BCUT2D eigenvalue weighted by Crippen LogP contribution is 2.14. The van der Waals surface area contributed by atoms with Crippen LogP contribution in [0.25, 0.3) is 0 Å². The highest BCUT2D eigenvalue weighted by molar-refractivity contribution is 6.00. The van der Waals surface area contributed by atoms with E-state index in [-0.39, 0.29) is 30.5 Å². The lowest BCUT2D eigenvalue weighted by Gasteiger charge is -2.06. The van der Waals surface area contributed by atoms with Crippen LogP contribution in [0.2, 0.25) is 0 Å². The third-order valence-corrected chi connectivity index (χ3v) is 2.95. The molecule has 0 unspecified atom stereocenters. The zero-order chi connectivity index (χ0) is 14.5. The molecule has 2 rings (SSSR count). The lowest BCUT2D eigenvalue weighted by Crippen LogP contribution is -2.14. The molecule has 104 valence electrons. The van der Waals surface area contributed by atoms with Crippen molar-refractivity contribution in [3.63, 3.8) is 0 Å². The lowest BCUT2D eigenvalue weighted by molar-refractivity contribution is -0.116. The van der Waals surface area contributed by atoms with E-state index in [2.05, 4.69) is 20.5 Å². The smallest absolute Gasteiger partial charge is 0.227 e. The van der Waals surface area contributed by atoms with Gasteiger partial charge in [0.15, 0.2) is 5.78 Å². The molecule has 6 nitrogen and oxygen atoms in total. The number of aromatic amines is 1. The normalized spacial score (nSPS) is 10.3. The summed E-state index contributed by atoms with van der Waals surface area (Å²) in [6.45, 7) is 3.83. The largest absolute Gasteiger partial charge is 0.295 e. The number of aromatic nitrogens is 3. The summed E-state index contributed by atoms with van der Waals surface area (Å²) in [4.78, 5) is 27.5. The topological polar surface area (TPSA) is 87.7 Å². The summed E-state index contributed by atoms with van der Waals surface area (Å²) in [5.74, 6) is -0.00601. The van der Waals surface area contributed by atoms with E-state index in [1.165, 1.54) is 6.33 Å². The van der Waals surface area contributed by atoms with Crippen molar-refractivity contribution in [2.75, 3.05) is 5.32 Å². The third kappa shape index (κ3) is 3.50. The second kappa shape index (κ2) is 6.10. The molecule has 0 atom stereocenters. The zero-order valence-electron chi connectivity index (χ0n) is 11.4. The Morgan fingerprint density at radius 2 is 2.05 bits per heavy atom. The van der Waals surface area contributed by atoms with Gasteiger partial charge in [0.2, 0.25) is 11.9 Å². The fourth-order valence-corrected chi connectivity index (χ4v) is 1.86. The number of nitrogens with zero attached hydrogens (tertiary/aromatic N) is 2. The Hall–Kier alpha value is -2.50. The summed E-state index contributed by atoms with van der Waals surface area (Å²) in [7, 11) is 0. The van der Waals surface area contributed by atoms with E-state index < -0.39 is 0 Å². The number of nitrogens with one attached hydrogen (secondary N) is 2. The molecule has 0 aliphatic heterocycles. The molecule has 6 heteroatoms. The van der Waals surface area contributed by atoms with Gasteiger partial charge in [0.05, 0.1) is 0 Å². The van der Waals surface area contributed by atoms with Crippen molar-refractivity contribution in [3.8, 4) is 0 Å². The number of rotatable bonds is 5. The van der Waals surface area contributed by atoms with E-state index in [0.717, 1.165) is 11.1 Å². The molecule has 1 amide bonds. The molecule has 0 saturated carbocycles. The number of carbonyl (C=O) groups excluding carboxylic acids is 2. The van der Waals surface area contributed by atoms with Gasteiger partial charge in [0.25, 0.3) is 0 Å². The first-order chi connectivity index (χ1) is 9.56. The summed E-state index contributed by atoms with van der Waals surface area (Å²) in [5.41, 5.74) is 2.64. The summed E-state index contributed by atoms with van der Waals surface area (Å²) in [6, 6.07) is 5.73. The maximum absolute atomic E-state index is 12.1. The van der Waals surface area contributed by atoms with Gasteiger partial charge >= 0.3 is 0 Å². The Labute approximate surface area is 116 Å². The molecule has 20 heavy (non-hydrogen) atoms. The van der Waals surface area contributed by atoms with Crippen LogP contribution in [0.1, 0.15) is 34.3 Å². The van der Waals surface area contributed by atoms with Crippen molar-refractivity contribution in [2.45, 2.75) is 26.7 Å². The van der Waals surface area contributed by atoms with Crippen LogP contribution in [-0.4, -0.2) is 26.9 Å². The minimum Gasteiger partial charge on any atom is -0.295 e. The number of H-pyrrole nitrogens is 1. The maximum Gasteiger partial charge on any atom is 0.227 e. The molecular formula is C14H16N4O2. The summed E-state index contributed by atoms with van der Waals surface area (Å²) in [6.07, 6.45) is 1.59. The van der Waals surface area contributed by atoms with Crippen molar-refractivity contribution >= 4 is 17.6 Å². The number of Topliss-reactive ketones (excluding diaryl/α,β-unsaturated/α-hetero) is 1. The SMILES string of the molecule is Cc1ccc(C)c(C(=O)CCC(=O)Nc2ncn[nH]2)c1. The van der Waals surface area contributed by atoms with Crippen molar-refractivity contribution in [2.24, 2.45) is 0 Å². The molecule has 0 aliphatic rings. The second-order valence-electron chi connectivity index (χ2n) is 4.62. The van der Waals surface area contributed by atoms with Gasteiger partial charge in [0, 0.05) is 18.4 Å². The lowest BCUT2D eigenvalue weighted by atomic mass is 9.99. The number of ketones is 1. The van der Waals surface area contributed by atoms with Gasteiger partial charge in [-0.3, -0.25) is 14.9 Å². The first kappa shape index (κ1) is 13.9. The molecule has 0 saturated heterocycles. The first-order valence-electron chi connectivity index (χ1n) is 6.32. The number of aryl methyl sites for hydroxylation is 2. The first-order valence-corrected chi connectivity index (χ1v) is 6.32. The Morgan fingerprint density at radius 3 is 2.75 bits per heavy atom. The highest BCUT2D eigenvalue weighted by Gasteiger charge is 2.12. The third-order valence-electron chi connectivity index (χ3n) is 2.95. The Kier molecular flexibility index (Phi) is 4.24. The van der Waals surface area contributed by atoms with Crippen LogP contribution in [0, 0.1) is 13.8 Å². The quantitative estimate of drug-likeness (QED) is 0.815. The zero-order valence-corrected chi connectivity index (χ0v) is 11.4. The molecule has 0 spiro atoms. The van der Waals surface area contributed by atoms with E-state index in [0.29, 0.717) is 5.56 Å². The molecule has 0 aliphatic carbocycles. The maximum atomic E-state index is 12.1. The van der Waals surface area contributed by atoms with E-state index in [1.54, 1.807) is 0 Å². The van der Waals surface area contributed by atoms with Gasteiger partial charge in [-0.05, 0) is 25.5 Å². The van der Waals surface area contributed by atoms with Gasteiger partial charge < -0.3 is 0 Å². The van der Waals surface area contributed by atoms with Crippen LogP contribution in [0.3, 0.4) is 0 Å². The monoisotopic (exact) mass is 272 g/mol. The second-order valence-corrected chi connectivity index (χ2v) is 4.62. The summed E-state index contributed by atoms with van der Waals surface area (Å²) in [5, 5.41) is 8.68. The van der Waals surface area contributed by atoms with Crippen LogP contribution in [0.5, 0.6) is 0 Å². The average Bonchev–Trinajstić information content (AvgIpc) is 2.91. The number of carbonyl (C=O) groups is 2. The van der Waals surface area contributed by atoms with Crippen molar-refractivity contribution in [1.82, 2.24) is 15.2 Å². The number of hydrogen-bond acceptors (Lipinski definition) is 4. The average molecular weight is 272 g/mol. The minimum atomic E-state index is -0.264. The Balaban J connectivity index is 1.92. The van der Waals surface area contributed by atoms with E-state index in [4.69, 9.17) is 0 Å². The van der Waals surface area contributed by atoms with E-state index in [9.17, 15) is 9.59 Å². The fourth-order valence-electron chi connectivity index (χ4n) is 1.86. The Bertz CT molecular complexity index is 620. The van der Waals surface area contributed by atoms with Crippen LogP contribution in [0.4, 0.5) is 5.95 Å². The summed E-state index contributed by atoms with van der Waals surface area (Å²) >= 11 is 0. The van der Waals surface area contributed by atoms with Gasteiger partial charge in [-0.15, -0.1) is 0 Å². The van der Waals surface area contributed by atoms with Crippen LogP contribution in [0.15, 0.2) is 24.5 Å². The molecule has 0 bridgehead atoms. The molecule has 1 aromatic carbocycles. The van der Waals surface area contributed by atoms with Gasteiger partial charge in [-0.1, -0.05) is 17.7 Å². The molecule has 1 aromatic heterocycles. The van der Waals surface area contributed by atoms with Gasteiger partial charge in [0.1, 0.15) is 6.33 Å². The predicted octanol–water partition coefficient (Wildman–Crippen LogP) is 2.02. The molecule has 2 aromatic rings. The molecule has 2 N–H and O–H groups in total. The number of benzene rings is 1. The van der Waals surface area contributed by atoms with E-state index >= 15 is 0 Å². The minimum absolute atomic E-state index is 0.0288. The van der Waals surface area contributed by atoms with Gasteiger partial charge in [-0.2, -0.15) is 10.1 Å². The molecule has 0 fully saturated rings. The number of amides is 1. The fraction of sp³-hybridized carbons (Fsp3) is 0.286. The predicted molar refractivity (Wildman–Crippen MR) is 74.5 cm³/mol.